The van der Waals surface area contributed by atoms with Gasteiger partial charge in [0.15, 0.2) is 0 Å². The summed E-state index contributed by atoms with van der Waals surface area (Å²) in [4.78, 5) is 5.71. The maximum Gasteiger partial charge on any atom is 0.0798 e. The molecule has 16 heavy (non-hydrogen) atoms. The highest BCUT2D eigenvalue weighted by molar-refractivity contribution is 7.09. The smallest absolute Gasteiger partial charge is 0.0798 e. The van der Waals surface area contributed by atoms with Crippen LogP contribution in [0.5, 0.6) is 0 Å². The van der Waals surface area contributed by atoms with E-state index in [1.165, 1.54) is 49.2 Å². The topological polar surface area (TPSA) is 24.9 Å². The first kappa shape index (κ1) is 12.1. The van der Waals surface area contributed by atoms with Crippen LogP contribution in [0.4, 0.5) is 0 Å². The van der Waals surface area contributed by atoms with Crippen LogP contribution in [-0.2, 0) is 0 Å². The van der Waals surface area contributed by atoms with Crippen molar-refractivity contribution >= 4 is 11.3 Å². The molecule has 0 radical (unpaired) electrons. The Labute approximate surface area is 102 Å². The van der Waals surface area contributed by atoms with E-state index in [0.717, 1.165) is 5.92 Å². The van der Waals surface area contributed by atoms with Crippen molar-refractivity contribution in [2.24, 2.45) is 5.92 Å². The van der Waals surface area contributed by atoms with Gasteiger partial charge in [-0.3, -0.25) is 0 Å². The van der Waals surface area contributed by atoms with E-state index in [-0.39, 0.29) is 0 Å². The van der Waals surface area contributed by atoms with Crippen molar-refractivity contribution < 1.29 is 0 Å². The molecule has 0 aliphatic heterocycles. The van der Waals surface area contributed by atoms with Crippen molar-refractivity contribution in [1.82, 2.24) is 10.3 Å². The molecule has 1 N–H and O–H groups in total. The Morgan fingerprint density at radius 1 is 1.44 bits per heavy atom. The number of rotatable bonds is 4. The van der Waals surface area contributed by atoms with Crippen molar-refractivity contribution in [2.45, 2.75) is 52.0 Å². The summed E-state index contributed by atoms with van der Waals surface area (Å²) in [6.07, 6.45) is 7.14. The van der Waals surface area contributed by atoms with Crippen LogP contribution in [0, 0.1) is 12.8 Å². The van der Waals surface area contributed by atoms with E-state index >= 15 is 0 Å². The molecule has 1 aliphatic rings. The fraction of sp³-hybridized carbons (Fsp3) is 0.769. The molecule has 0 spiro atoms. The van der Waals surface area contributed by atoms with E-state index in [2.05, 4.69) is 24.1 Å². The molecule has 1 saturated carbocycles. The van der Waals surface area contributed by atoms with Crippen molar-refractivity contribution in [3.05, 3.63) is 16.1 Å². The molecule has 2 nitrogen and oxygen atoms in total. The predicted molar refractivity (Wildman–Crippen MR) is 69.8 cm³/mol. The Kier molecular flexibility index (Phi) is 4.36. The molecule has 0 bridgehead atoms. The lowest BCUT2D eigenvalue weighted by Gasteiger charge is -2.23. The second-order valence-electron chi connectivity index (χ2n) is 4.94. The fourth-order valence-electron chi connectivity index (χ4n) is 2.55. The van der Waals surface area contributed by atoms with Gasteiger partial charge in [-0.1, -0.05) is 19.3 Å². The molecule has 1 fully saturated rings. The van der Waals surface area contributed by atoms with Crippen LogP contribution >= 0.6 is 11.3 Å². The Hall–Kier alpha value is -0.410. The summed E-state index contributed by atoms with van der Waals surface area (Å²) < 4.78 is 0. The predicted octanol–water partition coefficient (Wildman–Crippen LogP) is 3.68. The number of aromatic nitrogens is 1. The van der Waals surface area contributed by atoms with Gasteiger partial charge in [-0.2, -0.15) is 0 Å². The standard InChI is InChI=1S/C13H22N2S/c1-10(13-11(2)15-9-16-13)14-8-12-6-4-3-5-7-12/h9-10,12,14H,3-8H2,1-2H3. The minimum absolute atomic E-state index is 0.467. The molecule has 2 rings (SSSR count). The summed E-state index contributed by atoms with van der Waals surface area (Å²) in [6, 6.07) is 0.467. The monoisotopic (exact) mass is 238 g/mol. The zero-order chi connectivity index (χ0) is 11.4. The molecule has 0 saturated heterocycles. The molecule has 1 aromatic rings. The van der Waals surface area contributed by atoms with Gasteiger partial charge in [-0.25, -0.2) is 4.98 Å². The van der Waals surface area contributed by atoms with E-state index in [0.29, 0.717) is 6.04 Å². The lowest BCUT2D eigenvalue weighted by atomic mass is 9.89. The van der Waals surface area contributed by atoms with Gasteiger partial charge in [0.25, 0.3) is 0 Å². The lowest BCUT2D eigenvalue weighted by molar-refractivity contribution is 0.332. The van der Waals surface area contributed by atoms with Crippen LogP contribution in [0.15, 0.2) is 5.51 Å². The Morgan fingerprint density at radius 3 is 2.81 bits per heavy atom. The van der Waals surface area contributed by atoms with Crippen molar-refractivity contribution in [1.29, 1.82) is 0 Å². The van der Waals surface area contributed by atoms with Gasteiger partial charge in [0.1, 0.15) is 0 Å². The van der Waals surface area contributed by atoms with E-state index in [4.69, 9.17) is 0 Å². The number of nitrogens with zero attached hydrogens (tertiary/aromatic N) is 1. The van der Waals surface area contributed by atoms with E-state index < -0.39 is 0 Å². The molecule has 90 valence electrons. The van der Waals surface area contributed by atoms with Crippen molar-refractivity contribution in [2.75, 3.05) is 6.54 Å². The summed E-state index contributed by atoms with van der Waals surface area (Å²) in [5.41, 5.74) is 3.14. The van der Waals surface area contributed by atoms with Crippen molar-refractivity contribution in [3.63, 3.8) is 0 Å². The molecule has 0 aromatic carbocycles. The molecular weight excluding hydrogens is 216 g/mol. The van der Waals surface area contributed by atoms with Crippen LogP contribution < -0.4 is 5.32 Å². The number of nitrogens with one attached hydrogen (secondary N) is 1. The van der Waals surface area contributed by atoms with E-state index in [9.17, 15) is 0 Å². The molecule has 1 unspecified atom stereocenters. The summed E-state index contributed by atoms with van der Waals surface area (Å²) in [5, 5.41) is 3.67. The maximum absolute atomic E-state index is 4.31. The first-order valence-electron chi connectivity index (χ1n) is 6.40. The Bertz CT molecular complexity index is 315. The first-order valence-corrected chi connectivity index (χ1v) is 7.28. The van der Waals surface area contributed by atoms with Gasteiger partial charge in [0.2, 0.25) is 0 Å². The second-order valence-corrected chi connectivity index (χ2v) is 5.82. The normalized spacial score (nSPS) is 19.9. The minimum atomic E-state index is 0.467. The SMILES string of the molecule is Cc1ncsc1C(C)NCC1CCCCC1. The third-order valence-electron chi connectivity index (χ3n) is 3.61. The molecule has 1 heterocycles. The Balaban J connectivity index is 1.79. The first-order chi connectivity index (χ1) is 7.77. The van der Waals surface area contributed by atoms with E-state index in [1.54, 1.807) is 11.3 Å². The third kappa shape index (κ3) is 3.05. The second kappa shape index (κ2) is 5.78. The van der Waals surface area contributed by atoms with Crippen LogP contribution in [0.1, 0.15) is 55.6 Å². The number of aryl methyl sites for hydroxylation is 1. The molecule has 3 heteroatoms. The zero-order valence-corrected chi connectivity index (χ0v) is 11.1. The molecular formula is C13H22N2S. The van der Waals surface area contributed by atoms with Crippen molar-refractivity contribution in [3.8, 4) is 0 Å². The van der Waals surface area contributed by atoms with Gasteiger partial charge in [0.05, 0.1) is 11.2 Å². The molecule has 0 amide bonds. The van der Waals surface area contributed by atoms with Crippen LogP contribution in [0.3, 0.4) is 0 Å². The number of hydrogen-bond donors (Lipinski definition) is 1. The molecule has 1 aromatic heterocycles. The third-order valence-corrected chi connectivity index (χ3v) is 4.73. The average molecular weight is 238 g/mol. The quantitative estimate of drug-likeness (QED) is 0.865. The summed E-state index contributed by atoms with van der Waals surface area (Å²) >= 11 is 1.77. The fourth-order valence-corrected chi connectivity index (χ4v) is 3.39. The number of hydrogen-bond acceptors (Lipinski definition) is 3. The summed E-state index contributed by atoms with van der Waals surface area (Å²) in [6.45, 7) is 5.53. The van der Waals surface area contributed by atoms with Crippen LogP contribution in [0.25, 0.3) is 0 Å². The highest BCUT2D eigenvalue weighted by Gasteiger charge is 2.16. The van der Waals surface area contributed by atoms with E-state index in [1.807, 2.05) is 5.51 Å². The summed E-state index contributed by atoms with van der Waals surface area (Å²) in [5.74, 6) is 0.907. The Morgan fingerprint density at radius 2 is 2.19 bits per heavy atom. The highest BCUT2D eigenvalue weighted by Crippen LogP contribution is 2.25. The van der Waals surface area contributed by atoms with Gasteiger partial charge >= 0.3 is 0 Å². The van der Waals surface area contributed by atoms with Gasteiger partial charge in [0, 0.05) is 10.9 Å². The van der Waals surface area contributed by atoms with Gasteiger partial charge < -0.3 is 5.32 Å². The zero-order valence-electron chi connectivity index (χ0n) is 10.3. The van der Waals surface area contributed by atoms with Gasteiger partial charge in [-0.05, 0) is 39.2 Å². The lowest BCUT2D eigenvalue weighted by Crippen LogP contribution is -2.26. The molecule has 1 atom stereocenters. The van der Waals surface area contributed by atoms with Gasteiger partial charge in [-0.15, -0.1) is 11.3 Å². The average Bonchev–Trinajstić information content (AvgIpc) is 2.74. The molecule has 1 aliphatic carbocycles. The minimum Gasteiger partial charge on any atom is -0.309 e. The number of thiazole rings is 1. The highest BCUT2D eigenvalue weighted by atomic mass is 32.1. The largest absolute Gasteiger partial charge is 0.309 e. The van der Waals surface area contributed by atoms with Crippen LogP contribution in [0.2, 0.25) is 0 Å². The van der Waals surface area contributed by atoms with Crippen LogP contribution in [-0.4, -0.2) is 11.5 Å². The summed E-state index contributed by atoms with van der Waals surface area (Å²) in [7, 11) is 0. The maximum atomic E-state index is 4.31.